The summed E-state index contributed by atoms with van der Waals surface area (Å²) in [6.45, 7) is 11.2. The highest BCUT2D eigenvalue weighted by molar-refractivity contribution is 5.20. The highest BCUT2D eigenvalue weighted by Gasteiger charge is 2.40. The highest BCUT2D eigenvalue weighted by atomic mass is 14.4. The van der Waals surface area contributed by atoms with Crippen LogP contribution in [0.1, 0.15) is 52.9 Å². The Labute approximate surface area is 94.5 Å². The Morgan fingerprint density at radius 2 is 2.07 bits per heavy atom. The van der Waals surface area contributed by atoms with Gasteiger partial charge in [0.15, 0.2) is 0 Å². The van der Waals surface area contributed by atoms with Crippen molar-refractivity contribution in [1.29, 1.82) is 0 Å². The van der Waals surface area contributed by atoms with Crippen LogP contribution in [0.2, 0.25) is 0 Å². The molecule has 2 unspecified atom stereocenters. The lowest BCUT2D eigenvalue weighted by atomic mass is 9.76. The van der Waals surface area contributed by atoms with Crippen molar-refractivity contribution in [2.75, 3.05) is 0 Å². The van der Waals surface area contributed by atoms with Crippen LogP contribution >= 0.6 is 0 Å². The Kier molecular flexibility index (Phi) is 2.56. The summed E-state index contributed by atoms with van der Waals surface area (Å²) in [7, 11) is 0. The fourth-order valence-corrected chi connectivity index (χ4v) is 3.26. The average molecular weight is 204 g/mol. The molecular weight excluding hydrogens is 180 g/mol. The molecule has 0 saturated heterocycles. The van der Waals surface area contributed by atoms with Gasteiger partial charge < -0.3 is 0 Å². The number of hydrogen-bond donors (Lipinski definition) is 0. The zero-order chi connectivity index (χ0) is 11.1. The van der Waals surface area contributed by atoms with E-state index in [-0.39, 0.29) is 0 Å². The molecule has 1 fully saturated rings. The van der Waals surface area contributed by atoms with Gasteiger partial charge in [0.25, 0.3) is 0 Å². The third-order valence-electron chi connectivity index (χ3n) is 4.78. The third kappa shape index (κ3) is 1.91. The van der Waals surface area contributed by atoms with Crippen LogP contribution < -0.4 is 0 Å². The van der Waals surface area contributed by atoms with E-state index in [1.807, 2.05) is 0 Å². The molecule has 2 rings (SSSR count). The molecule has 0 spiro atoms. The predicted molar refractivity (Wildman–Crippen MR) is 66.7 cm³/mol. The van der Waals surface area contributed by atoms with E-state index in [1.54, 1.807) is 5.57 Å². The minimum absolute atomic E-state index is 0.355. The Bertz CT molecular complexity index is 295. The summed E-state index contributed by atoms with van der Waals surface area (Å²) >= 11 is 0. The summed E-state index contributed by atoms with van der Waals surface area (Å²) in [5, 5.41) is 0. The van der Waals surface area contributed by atoms with Gasteiger partial charge in [-0.3, -0.25) is 0 Å². The van der Waals surface area contributed by atoms with Gasteiger partial charge >= 0.3 is 0 Å². The molecule has 0 heteroatoms. The van der Waals surface area contributed by atoms with E-state index < -0.39 is 0 Å². The fourth-order valence-electron chi connectivity index (χ4n) is 3.26. The van der Waals surface area contributed by atoms with Crippen molar-refractivity contribution < 1.29 is 0 Å². The summed E-state index contributed by atoms with van der Waals surface area (Å²) < 4.78 is 0. The topological polar surface area (TPSA) is 0 Å². The van der Waals surface area contributed by atoms with Crippen LogP contribution in [0.5, 0.6) is 0 Å². The Balaban J connectivity index is 2.22. The van der Waals surface area contributed by atoms with Crippen LogP contribution in [0.4, 0.5) is 0 Å². The zero-order valence-electron chi connectivity index (χ0n) is 10.5. The lowest BCUT2D eigenvalue weighted by Crippen LogP contribution is -2.19. The minimum Gasteiger partial charge on any atom is -0.103 e. The zero-order valence-corrected chi connectivity index (χ0v) is 10.5. The van der Waals surface area contributed by atoms with Crippen LogP contribution in [0.25, 0.3) is 0 Å². The number of hydrogen-bond acceptors (Lipinski definition) is 0. The van der Waals surface area contributed by atoms with Gasteiger partial charge in [0.05, 0.1) is 0 Å². The van der Waals surface area contributed by atoms with E-state index >= 15 is 0 Å². The van der Waals surface area contributed by atoms with Crippen LogP contribution in [0.3, 0.4) is 0 Å². The van der Waals surface area contributed by atoms with Gasteiger partial charge in [-0.15, -0.1) is 6.58 Å². The minimum atomic E-state index is 0.355. The Morgan fingerprint density at radius 3 is 2.73 bits per heavy atom. The Hall–Kier alpha value is -0.520. The van der Waals surface area contributed by atoms with Crippen LogP contribution in [0, 0.1) is 16.7 Å². The first-order chi connectivity index (χ1) is 6.97. The second-order valence-electron chi connectivity index (χ2n) is 6.42. The second-order valence-corrected chi connectivity index (χ2v) is 6.42. The SMILES string of the molecule is C=CC1(C)CC=C2CCC(C)(C)C2CC1. The molecule has 0 aliphatic heterocycles. The number of fused-ring (bicyclic) bond motifs is 1. The number of allylic oxidation sites excluding steroid dienone is 3. The first-order valence-electron chi connectivity index (χ1n) is 6.29. The molecule has 0 N–H and O–H groups in total. The van der Waals surface area contributed by atoms with Crippen molar-refractivity contribution >= 4 is 0 Å². The maximum atomic E-state index is 4.00. The molecular formula is C15H24. The summed E-state index contributed by atoms with van der Waals surface area (Å²) in [6, 6.07) is 0. The maximum absolute atomic E-state index is 4.00. The van der Waals surface area contributed by atoms with Crippen LogP contribution in [-0.4, -0.2) is 0 Å². The van der Waals surface area contributed by atoms with Crippen molar-refractivity contribution in [2.45, 2.75) is 52.9 Å². The fraction of sp³-hybridized carbons (Fsp3) is 0.733. The van der Waals surface area contributed by atoms with E-state index in [9.17, 15) is 0 Å². The quantitative estimate of drug-likeness (QED) is 0.542. The standard InChI is InChI=1S/C15H24/c1-5-15(4)10-7-12-6-9-14(2,3)13(12)8-11-15/h5,7,13H,1,6,8-11H2,2-4H3. The van der Waals surface area contributed by atoms with E-state index in [0.29, 0.717) is 10.8 Å². The predicted octanol–water partition coefficient (Wildman–Crippen LogP) is 4.73. The van der Waals surface area contributed by atoms with Crippen molar-refractivity contribution in [3.63, 3.8) is 0 Å². The van der Waals surface area contributed by atoms with Crippen molar-refractivity contribution in [3.05, 3.63) is 24.3 Å². The molecule has 1 saturated carbocycles. The molecule has 2 aliphatic rings. The van der Waals surface area contributed by atoms with E-state index in [4.69, 9.17) is 0 Å². The third-order valence-corrected chi connectivity index (χ3v) is 4.78. The maximum Gasteiger partial charge on any atom is -0.0114 e. The smallest absolute Gasteiger partial charge is 0.0114 e. The van der Waals surface area contributed by atoms with E-state index in [1.165, 1.54) is 32.1 Å². The van der Waals surface area contributed by atoms with E-state index in [2.05, 4.69) is 39.5 Å². The Morgan fingerprint density at radius 1 is 1.33 bits per heavy atom. The molecule has 84 valence electrons. The van der Waals surface area contributed by atoms with Crippen molar-refractivity contribution in [1.82, 2.24) is 0 Å². The first-order valence-corrected chi connectivity index (χ1v) is 6.29. The van der Waals surface area contributed by atoms with Crippen molar-refractivity contribution in [2.24, 2.45) is 16.7 Å². The van der Waals surface area contributed by atoms with Crippen LogP contribution in [0.15, 0.2) is 24.3 Å². The van der Waals surface area contributed by atoms with Gasteiger partial charge in [-0.2, -0.15) is 0 Å². The monoisotopic (exact) mass is 204 g/mol. The lowest BCUT2D eigenvalue weighted by molar-refractivity contribution is 0.245. The average Bonchev–Trinajstić information content (AvgIpc) is 2.38. The summed E-state index contributed by atoms with van der Waals surface area (Å²) in [5.41, 5.74) is 2.64. The van der Waals surface area contributed by atoms with Gasteiger partial charge in [0.2, 0.25) is 0 Å². The largest absolute Gasteiger partial charge is 0.103 e. The summed E-state index contributed by atoms with van der Waals surface area (Å²) in [4.78, 5) is 0. The molecule has 0 aromatic carbocycles. The van der Waals surface area contributed by atoms with Crippen LogP contribution in [-0.2, 0) is 0 Å². The molecule has 0 bridgehead atoms. The molecule has 0 radical (unpaired) electrons. The molecule has 0 amide bonds. The van der Waals surface area contributed by atoms with E-state index in [0.717, 1.165) is 5.92 Å². The molecule has 0 heterocycles. The molecule has 2 atom stereocenters. The molecule has 0 nitrogen and oxygen atoms in total. The molecule has 15 heavy (non-hydrogen) atoms. The lowest BCUT2D eigenvalue weighted by Gasteiger charge is -2.29. The number of rotatable bonds is 1. The normalized spacial score (nSPS) is 39.1. The summed E-state index contributed by atoms with van der Waals surface area (Å²) in [5.74, 6) is 0.847. The van der Waals surface area contributed by atoms with Gasteiger partial charge in [-0.25, -0.2) is 0 Å². The van der Waals surface area contributed by atoms with Gasteiger partial charge in [0, 0.05) is 0 Å². The van der Waals surface area contributed by atoms with Gasteiger partial charge in [0.1, 0.15) is 0 Å². The highest BCUT2D eigenvalue weighted by Crippen LogP contribution is 2.52. The molecule has 0 aromatic rings. The summed E-state index contributed by atoms with van der Waals surface area (Å²) in [6.07, 6.45) is 11.3. The first kappa shape index (κ1) is 11.0. The van der Waals surface area contributed by atoms with Crippen molar-refractivity contribution in [3.8, 4) is 0 Å². The molecule has 0 aromatic heterocycles. The molecule has 2 aliphatic carbocycles. The second kappa shape index (κ2) is 3.50. The van der Waals surface area contributed by atoms with Gasteiger partial charge in [-0.1, -0.05) is 38.5 Å². The van der Waals surface area contributed by atoms with Gasteiger partial charge in [-0.05, 0) is 48.9 Å².